The Labute approximate surface area is 90.5 Å². The fourth-order valence-electron chi connectivity index (χ4n) is 1.63. The predicted molar refractivity (Wildman–Crippen MR) is 58.1 cm³/mol. The molecule has 2 N–H and O–H groups in total. The summed E-state index contributed by atoms with van der Waals surface area (Å²) < 4.78 is 22.3. The number of amides is 1. The van der Waals surface area contributed by atoms with Gasteiger partial charge in [0.25, 0.3) is 0 Å². The van der Waals surface area contributed by atoms with Gasteiger partial charge in [0.1, 0.15) is 0 Å². The lowest BCUT2D eigenvalue weighted by molar-refractivity contribution is -0.134. The SMILES string of the molecule is CCC(CN)C(=O)N1CCS(=O)(=O)CC1. The summed E-state index contributed by atoms with van der Waals surface area (Å²) in [7, 11) is -2.91. The zero-order valence-electron chi connectivity index (χ0n) is 8.98. The molecular weight excluding hydrogens is 216 g/mol. The first-order valence-corrected chi connectivity index (χ1v) is 7.01. The average molecular weight is 234 g/mol. The molecule has 0 aromatic rings. The van der Waals surface area contributed by atoms with Crippen LogP contribution in [0, 0.1) is 5.92 Å². The Hall–Kier alpha value is -0.620. The highest BCUT2D eigenvalue weighted by molar-refractivity contribution is 7.91. The van der Waals surface area contributed by atoms with E-state index in [0.717, 1.165) is 0 Å². The molecular formula is C9H18N2O3S. The first-order valence-electron chi connectivity index (χ1n) is 5.19. The summed E-state index contributed by atoms with van der Waals surface area (Å²) in [4.78, 5) is 13.4. The van der Waals surface area contributed by atoms with Crippen LogP contribution in [0.1, 0.15) is 13.3 Å². The van der Waals surface area contributed by atoms with E-state index >= 15 is 0 Å². The Kier molecular flexibility index (Phi) is 4.10. The van der Waals surface area contributed by atoms with Gasteiger partial charge in [0, 0.05) is 19.6 Å². The van der Waals surface area contributed by atoms with Crippen molar-refractivity contribution in [1.29, 1.82) is 0 Å². The molecule has 1 rings (SSSR count). The van der Waals surface area contributed by atoms with Gasteiger partial charge in [-0.1, -0.05) is 6.92 Å². The van der Waals surface area contributed by atoms with Crippen LogP contribution in [0.3, 0.4) is 0 Å². The third-order valence-electron chi connectivity index (χ3n) is 2.78. The van der Waals surface area contributed by atoms with E-state index in [0.29, 0.717) is 26.1 Å². The first kappa shape index (κ1) is 12.4. The van der Waals surface area contributed by atoms with Crippen LogP contribution in [0.15, 0.2) is 0 Å². The molecule has 1 aliphatic heterocycles. The van der Waals surface area contributed by atoms with E-state index in [2.05, 4.69) is 0 Å². The lowest BCUT2D eigenvalue weighted by Crippen LogP contribution is -2.47. The fraction of sp³-hybridized carbons (Fsp3) is 0.889. The van der Waals surface area contributed by atoms with Crippen LogP contribution >= 0.6 is 0 Å². The molecule has 1 unspecified atom stereocenters. The number of carbonyl (C=O) groups is 1. The van der Waals surface area contributed by atoms with Crippen LogP contribution in [0.5, 0.6) is 0 Å². The van der Waals surface area contributed by atoms with Gasteiger partial charge in [0.05, 0.1) is 17.4 Å². The summed E-state index contributed by atoms with van der Waals surface area (Å²) in [5, 5.41) is 0. The van der Waals surface area contributed by atoms with Crippen molar-refractivity contribution in [3.05, 3.63) is 0 Å². The van der Waals surface area contributed by atoms with Crippen LogP contribution in [-0.4, -0.2) is 50.4 Å². The number of hydrogen-bond donors (Lipinski definition) is 1. The Morgan fingerprint density at radius 3 is 2.33 bits per heavy atom. The van der Waals surface area contributed by atoms with Crippen molar-refractivity contribution < 1.29 is 13.2 Å². The minimum atomic E-state index is -2.91. The number of nitrogens with zero attached hydrogens (tertiary/aromatic N) is 1. The van der Waals surface area contributed by atoms with E-state index in [4.69, 9.17) is 5.73 Å². The molecule has 6 heteroatoms. The quantitative estimate of drug-likeness (QED) is 0.695. The van der Waals surface area contributed by atoms with E-state index < -0.39 is 9.84 Å². The molecule has 15 heavy (non-hydrogen) atoms. The second-order valence-electron chi connectivity index (χ2n) is 3.82. The molecule has 1 saturated heterocycles. The first-order chi connectivity index (χ1) is 7.00. The Balaban J connectivity index is 2.56. The Bertz CT molecular complexity index is 308. The van der Waals surface area contributed by atoms with Gasteiger partial charge in [-0.15, -0.1) is 0 Å². The van der Waals surface area contributed by atoms with Crippen molar-refractivity contribution >= 4 is 15.7 Å². The monoisotopic (exact) mass is 234 g/mol. The summed E-state index contributed by atoms with van der Waals surface area (Å²) in [5.41, 5.74) is 5.48. The average Bonchev–Trinajstić information content (AvgIpc) is 2.19. The smallest absolute Gasteiger partial charge is 0.227 e. The van der Waals surface area contributed by atoms with Gasteiger partial charge in [-0.25, -0.2) is 8.42 Å². The highest BCUT2D eigenvalue weighted by Gasteiger charge is 2.28. The van der Waals surface area contributed by atoms with E-state index in [1.165, 1.54) is 0 Å². The van der Waals surface area contributed by atoms with Crippen molar-refractivity contribution in [3.63, 3.8) is 0 Å². The van der Waals surface area contributed by atoms with Gasteiger partial charge < -0.3 is 10.6 Å². The fourth-order valence-corrected chi connectivity index (χ4v) is 2.83. The summed E-state index contributed by atoms with van der Waals surface area (Å²) >= 11 is 0. The minimum absolute atomic E-state index is 0.00472. The molecule has 1 atom stereocenters. The van der Waals surface area contributed by atoms with Crippen LogP contribution < -0.4 is 5.73 Å². The molecule has 0 aromatic heterocycles. The van der Waals surface area contributed by atoms with Crippen molar-refractivity contribution in [1.82, 2.24) is 4.90 Å². The lowest BCUT2D eigenvalue weighted by Gasteiger charge is -2.29. The summed E-state index contributed by atoms with van der Waals surface area (Å²) in [6.07, 6.45) is 0.707. The minimum Gasteiger partial charge on any atom is -0.340 e. The zero-order valence-corrected chi connectivity index (χ0v) is 9.79. The van der Waals surface area contributed by atoms with Gasteiger partial charge >= 0.3 is 0 Å². The van der Waals surface area contributed by atoms with Crippen molar-refractivity contribution in [2.24, 2.45) is 11.7 Å². The molecule has 1 heterocycles. The highest BCUT2D eigenvalue weighted by atomic mass is 32.2. The third-order valence-corrected chi connectivity index (χ3v) is 4.39. The maximum atomic E-state index is 11.8. The molecule has 0 aliphatic carbocycles. The van der Waals surface area contributed by atoms with Crippen molar-refractivity contribution in [2.45, 2.75) is 13.3 Å². The second-order valence-corrected chi connectivity index (χ2v) is 6.12. The largest absolute Gasteiger partial charge is 0.340 e. The normalized spacial score (nSPS) is 22.4. The standard InChI is InChI=1S/C9H18N2O3S/c1-2-8(7-10)9(12)11-3-5-15(13,14)6-4-11/h8H,2-7,10H2,1H3. The van der Waals surface area contributed by atoms with Gasteiger partial charge in [-0.3, -0.25) is 4.79 Å². The number of carbonyl (C=O) groups excluding carboxylic acids is 1. The van der Waals surface area contributed by atoms with E-state index in [9.17, 15) is 13.2 Å². The molecule has 88 valence electrons. The highest BCUT2D eigenvalue weighted by Crippen LogP contribution is 2.10. The van der Waals surface area contributed by atoms with E-state index in [-0.39, 0.29) is 23.3 Å². The molecule has 0 bridgehead atoms. The molecule has 0 aromatic carbocycles. The van der Waals surface area contributed by atoms with Crippen molar-refractivity contribution in [2.75, 3.05) is 31.1 Å². The molecule has 5 nitrogen and oxygen atoms in total. The van der Waals surface area contributed by atoms with Gasteiger partial charge in [-0.2, -0.15) is 0 Å². The van der Waals surface area contributed by atoms with Crippen LogP contribution in [0.2, 0.25) is 0 Å². The lowest BCUT2D eigenvalue weighted by atomic mass is 10.1. The Morgan fingerprint density at radius 2 is 1.93 bits per heavy atom. The van der Waals surface area contributed by atoms with Crippen LogP contribution in [-0.2, 0) is 14.6 Å². The van der Waals surface area contributed by atoms with E-state index in [1.807, 2.05) is 6.92 Å². The van der Waals surface area contributed by atoms with Crippen LogP contribution in [0.25, 0.3) is 0 Å². The van der Waals surface area contributed by atoms with Crippen molar-refractivity contribution in [3.8, 4) is 0 Å². The zero-order chi connectivity index (χ0) is 11.5. The summed E-state index contributed by atoms with van der Waals surface area (Å²) in [6, 6.07) is 0. The van der Waals surface area contributed by atoms with Crippen LogP contribution in [0.4, 0.5) is 0 Å². The third kappa shape index (κ3) is 3.17. The molecule has 1 fully saturated rings. The van der Waals surface area contributed by atoms with Gasteiger partial charge in [0.2, 0.25) is 5.91 Å². The maximum absolute atomic E-state index is 11.8. The second kappa shape index (κ2) is 4.94. The molecule has 1 aliphatic rings. The number of nitrogens with two attached hydrogens (primary N) is 1. The molecule has 1 amide bonds. The predicted octanol–water partition coefficient (Wildman–Crippen LogP) is -0.772. The molecule has 0 radical (unpaired) electrons. The van der Waals surface area contributed by atoms with Gasteiger partial charge in [-0.05, 0) is 6.42 Å². The number of rotatable bonds is 3. The topological polar surface area (TPSA) is 80.5 Å². The molecule has 0 saturated carbocycles. The maximum Gasteiger partial charge on any atom is 0.227 e. The summed E-state index contributed by atoms with van der Waals surface area (Å²) in [6.45, 7) is 2.88. The summed E-state index contributed by atoms with van der Waals surface area (Å²) in [5.74, 6) is 0.000147. The molecule has 0 spiro atoms. The Morgan fingerprint density at radius 1 is 1.40 bits per heavy atom. The van der Waals surface area contributed by atoms with Gasteiger partial charge in [0.15, 0.2) is 9.84 Å². The number of hydrogen-bond acceptors (Lipinski definition) is 4. The van der Waals surface area contributed by atoms with E-state index in [1.54, 1.807) is 4.90 Å². The number of sulfone groups is 1.